The van der Waals surface area contributed by atoms with Crippen LogP contribution in [0.25, 0.3) is 0 Å². The first-order chi connectivity index (χ1) is 9.56. The molecule has 1 aromatic rings. The summed E-state index contributed by atoms with van der Waals surface area (Å²) in [4.78, 5) is 46.1. The standard InChI is InChI=1S/C12H13N3O4S/c16-9-4-3-7(11(18)15-9)14-10(17)6-13-12(19)8-2-1-5-20-8/h1-2,5,7H,3-4,6H2,(H,13,19)(H,14,17)(H,15,16,18). The van der Waals surface area contributed by atoms with Gasteiger partial charge in [0.05, 0.1) is 11.4 Å². The van der Waals surface area contributed by atoms with Crippen LogP contribution in [-0.4, -0.2) is 36.2 Å². The number of nitrogens with one attached hydrogen (secondary N) is 3. The van der Waals surface area contributed by atoms with Crippen LogP contribution in [0, 0.1) is 0 Å². The third-order valence-electron chi connectivity index (χ3n) is 2.73. The molecule has 0 spiro atoms. The Morgan fingerprint density at radius 3 is 2.85 bits per heavy atom. The second kappa shape index (κ2) is 6.29. The van der Waals surface area contributed by atoms with E-state index in [9.17, 15) is 19.2 Å². The molecule has 8 heteroatoms. The first-order valence-electron chi connectivity index (χ1n) is 6.01. The van der Waals surface area contributed by atoms with E-state index >= 15 is 0 Å². The van der Waals surface area contributed by atoms with Crippen molar-refractivity contribution in [1.82, 2.24) is 16.0 Å². The van der Waals surface area contributed by atoms with E-state index in [1.807, 2.05) is 0 Å². The van der Waals surface area contributed by atoms with E-state index in [0.717, 1.165) is 0 Å². The van der Waals surface area contributed by atoms with E-state index in [1.165, 1.54) is 11.3 Å². The zero-order valence-corrected chi connectivity index (χ0v) is 11.3. The Morgan fingerprint density at radius 2 is 2.20 bits per heavy atom. The predicted molar refractivity (Wildman–Crippen MR) is 71.0 cm³/mol. The zero-order chi connectivity index (χ0) is 14.5. The van der Waals surface area contributed by atoms with E-state index in [1.54, 1.807) is 17.5 Å². The molecule has 2 rings (SSSR count). The molecule has 106 valence electrons. The third-order valence-corrected chi connectivity index (χ3v) is 3.60. The minimum absolute atomic E-state index is 0.193. The number of amides is 4. The number of hydrogen-bond acceptors (Lipinski definition) is 5. The van der Waals surface area contributed by atoms with Gasteiger partial charge in [0.15, 0.2) is 0 Å². The zero-order valence-electron chi connectivity index (χ0n) is 10.5. The number of carbonyl (C=O) groups is 4. The highest BCUT2D eigenvalue weighted by Gasteiger charge is 2.27. The van der Waals surface area contributed by atoms with Gasteiger partial charge in [0.1, 0.15) is 6.04 Å². The number of hydrogen-bond donors (Lipinski definition) is 3. The molecule has 1 unspecified atom stereocenters. The summed E-state index contributed by atoms with van der Waals surface area (Å²) in [6.07, 6.45) is 0.466. The quantitative estimate of drug-likeness (QED) is 0.645. The fourth-order valence-corrected chi connectivity index (χ4v) is 2.37. The van der Waals surface area contributed by atoms with Crippen molar-refractivity contribution in [2.45, 2.75) is 18.9 Å². The molecule has 1 atom stereocenters. The Labute approximate surface area is 118 Å². The SMILES string of the molecule is O=C1CCC(NC(=O)CNC(=O)c2cccs2)C(=O)N1. The molecule has 2 heterocycles. The maximum absolute atomic E-state index is 11.6. The molecular formula is C12H13N3O4S. The third kappa shape index (κ3) is 3.64. The van der Waals surface area contributed by atoms with Crippen LogP contribution in [0.15, 0.2) is 17.5 Å². The molecule has 0 bridgehead atoms. The van der Waals surface area contributed by atoms with Crippen LogP contribution in [0.1, 0.15) is 22.5 Å². The minimum atomic E-state index is -0.723. The Morgan fingerprint density at radius 1 is 1.40 bits per heavy atom. The molecule has 3 N–H and O–H groups in total. The number of rotatable bonds is 4. The number of thiophene rings is 1. The van der Waals surface area contributed by atoms with E-state index in [-0.39, 0.29) is 31.2 Å². The van der Waals surface area contributed by atoms with Gasteiger partial charge in [0, 0.05) is 6.42 Å². The number of piperidine rings is 1. The Balaban J connectivity index is 1.77. The predicted octanol–water partition coefficient (Wildman–Crippen LogP) is -0.601. The van der Waals surface area contributed by atoms with Gasteiger partial charge in [-0.2, -0.15) is 0 Å². The molecule has 0 aliphatic carbocycles. The van der Waals surface area contributed by atoms with Crippen LogP contribution in [0.3, 0.4) is 0 Å². The van der Waals surface area contributed by atoms with Crippen LogP contribution < -0.4 is 16.0 Å². The van der Waals surface area contributed by atoms with E-state index in [4.69, 9.17) is 0 Å². The Hall–Kier alpha value is -2.22. The summed E-state index contributed by atoms with van der Waals surface area (Å²) in [6, 6.07) is 2.67. The first-order valence-corrected chi connectivity index (χ1v) is 6.89. The molecule has 0 saturated carbocycles. The van der Waals surface area contributed by atoms with Crippen LogP contribution in [-0.2, 0) is 14.4 Å². The average Bonchev–Trinajstić information content (AvgIpc) is 2.93. The van der Waals surface area contributed by atoms with Gasteiger partial charge in [-0.1, -0.05) is 6.07 Å². The summed E-state index contributed by atoms with van der Waals surface area (Å²) in [5, 5.41) is 8.84. The van der Waals surface area contributed by atoms with Crippen molar-refractivity contribution < 1.29 is 19.2 Å². The Bertz CT molecular complexity index is 541. The van der Waals surface area contributed by atoms with Crippen molar-refractivity contribution in [2.24, 2.45) is 0 Å². The maximum Gasteiger partial charge on any atom is 0.261 e. The van der Waals surface area contributed by atoms with Crippen molar-refractivity contribution >= 4 is 35.0 Å². The highest BCUT2D eigenvalue weighted by molar-refractivity contribution is 7.12. The van der Waals surface area contributed by atoms with Crippen molar-refractivity contribution in [3.8, 4) is 0 Å². The number of imide groups is 1. The van der Waals surface area contributed by atoms with Gasteiger partial charge < -0.3 is 10.6 Å². The lowest BCUT2D eigenvalue weighted by Crippen LogP contribution is -2.53. The summed E-state index contributed by atoms with van der Waals surface area (Å²) < 4.78 is 0. The van der Waals surface area contributed by atoms with E-state index in [0.29, 0.717) is 4.88 Å². The summed E-state index contributed by atoms with van der Waals surface area (Å²) in [7, 11) is 0. The lowest BCUT2D eigenvalue weighted by molar-refractivity contribution is -0.137. The summed E-state index contributed by atoms with van der Waals surface area (Å²) in [5.74, 6) is -1.66. The van der Waals surface area contributed by atoms with Crippen molar-refractivity contribution in [3.05, 3.63) is 22.4 Å². The lowest BCUT2D eigenvalue weighted by Gasteiger charge is -2.21. The van der Waals surface area contributed by atoms with Gasteiger partial charge in [-0.3, -0.25) is 24.5 Å². The highest BCUT2D eigenvalue weighted by atomic mass is 32.1. The van der Waals surface area contributed by atoms with Gasteiger partial charge in [-0.25, -0.2) is 0 Å². The van der Waals surface area contributed by atoms with Crippen LogP contribution in [0.2, 0.25) is 0 Å². The highest BCUT2D eigenvalue weighted by Crippen LogP contribution is 2.07. The van der Waals surface area contributed by atoms with E-state index in [2.05, 4.69) is 16.0 Å². The van der Waals surface area contributed by atoms with Gasteiger partial charge >= 0.3 is 0 Å². The molecule has 1 aliphatic heterocycles. The molecule has 7 nitrogen and oxygen atoms in total. The van der Waals surface area contributed by atoms with Crippen LogP contribution >= 0.6 is 11.3 Å². The molecule has 0 radical (unpaired) electrons. The summed E-state index contributed by atoms with van der Waals surface area (Å²) in [6.45, 7) is -0.214. The van der Waals surface area contributed by atoms with E-state index < -0.39 is 17.9 Å². The normalized spacial score (nSPS) is 18.3. The lowest BCUT2D eigenvalue weighted by atomic mass is 10.1. The monoisotopic (exact) mass is 295 g/mol. The van der Waals surface area contributed by atoms with Gasteiger partial charge in [-0.15, -0.1) is 11.3 Å². The van der Waals surface area contributed by atoms with Gasteiger partial charge in [-0.05, 0) is 17.9 Å². The second-order valence-corrected chi connectivity index (χ2v) is 5.18. The molecule has 20 heavy (non-hydrogen) atoms. The number of carbonyl (C=O) groups excluding carboxylic acids is 4. The smallest absolute Gasteiger partial charge is 0.261 e. The molecule has 4 amide bonds. The van der Waals surface area contributed by atoms with Gasteiger partial charge in [0.25, 0.3) is 5.91 Å². The molecule has 1 saturated heterocycles. The Kier molecular flexibility index (Phi) is 4.46. The van der Waals surface area contributed by atoms with Crippen molar-refractivity contribution in [2.75, 3.05) is 6.54 Å². The average molecular weight is 295 g/mol. The molecule has 1 fully saturated rings. The van der Waals surface area contributed by atoms with Crippen molar-refractivity contribution in [3.63, 3.8) is 0 Å². The molecule has 0 aromatic carbocycles. The van der Waals surface area contributed by atoms with Crippen LogP contribution in [0.4, 0.5) is 0 Å². The molecule has 1 aromatic heterocycles. The first kappa shape index (κ1) is 14.2. The minimum Gasteiger partial charge on any atom is -0.343 e. The largest absolute Gasteiger partial charge is 0.343 e. The topological polar surface area (TPSA) is 104 Å². The molecule has 1 aliphatic rings. The summed E-state index contributed by atoms with van der Waals surface area (Å²) >= 11 is 1.27. The maximum atomic E-state index is 11.6. The van der Waals surface area contributed by atoms with Gasteiger partial charge in [0.2, 0.25) is 17.7 Å². The second-order valence-electron chi connectivity index (χ2n) is 4.23. The molecular weight excluding hydrogens is 282 g/mol. The fourth-order valence-electron chi connectivity index (χ4n) is 1.73. The van der Waals surface area contributed by atoms with Crippen molar-refractivity contribution in [1.29, 1.82) is 0 Å². The van der Waals surface area contributed by atoms with Crippen LogP contribution in [0.5, 0.6) is 0 Å². The fraction of sp³-hybridized carbons (Fsp3) is 0.333. The summed E-state index contributed by atoms with van der Waals surface area (Å²) in [5.41, 5.74) is 0.